The number of aliphatic hydroxyl groups excluding tert-OH is 6. The molecule has 0 aliphatic carbocycles. The topological polar surface area (TPSA) is 210 Å². The van der Waals surface area contributed by atoms with Gasteiger partial charge in [0.2, 0.25) is 6.29 Å². The minimum Gasteiger partial charge on any atom is -0.464 e. The predicted octanol–water partition coefficient (Wildman–Crippen LogP) is -4.15. The lowest BCUT2D eigenvalue weighted by Gasteiger charge is -2.36. The predicted molar refractivity (Wildman–Crippen MR) is 96.9 cm³/mol. The smallest absolute Gasteiger partial charge is 0.228 e. The van der Waals surface area contributed by atoms with Gasteiger partial charge in [0, 0.05) is 12.1 Å². The zero-order valence-corrected chi connectivity index (χ0v) is 16.2. The second-order valence-corrected chi connectivity index (χ2v) is 7.15. The van der Waals surface area contributed by atoms with Gasteiger partial charge in [-0.3, -0.25) is 0 Å². The lowest BCUT2D eigenvalue weighted by atomic mass is 10.0. The molecular formula is C17H32N2O10. The molecular weight excluding hydrogens is 392 g/mol. The highest BCUT2D eigenvalue weighted by Gasteiger charge is 2.46. The molecule has 0 aromatic heterocycles. The van der Waals surface area contributed by atoms with Crippen LogP contribution in [0, 0.1) is 0 Å². The summed E-state index contributed by atoms with van der Waals surface area (Å²) in [4.78, 5) is 0. The molecule has 1 saturated heterocycles. The van der Waals surface area contributed by atoms with Crippen molar-refractivity contribution in [3.63, 3.8) is 0 Å². The van der Waals surface area contributed by atoms with E-state index in [9.17, 15) is 25.5 Å². The molecule has 2 rings (SSSR count). The summed E-state index contributed by atoms with van der Waals surface area (Å²) in [5.74, 6) is -0.133. The van der Waals surface area contributed by atoms with Crippen LogP contribution >= 0.6 is 0 Å². The van der Waals surface area contributed by atoms with Crippen molar-refractivity contribution in [1.82, 2.24) is 0 Å². The Bertz CT molecular complexity index is 536. The van der Waals surface area contributed by atoms with Gasteiger partial charge in [0.1, 0.15) is 42.4 Å². The van der Waals surface area contributed by atoms with E-state index in [2.05, 4.69) is 0 Å². The molecule has 10 atom stereocenters. The van der Waals surface area contributed by atoms with Crippen LogP contribution in [0.2, 0.25) is 0 Å². The summed E-state index contributed by atoms with van der Waals surface area (Å²) < 4.78 is 21.9. The van der Waals surface area contributed by atoms with E-state index in [1.54, 1.807) is 0 Å². The van der Waals surface area contributed by atoms with Gasteiger partial charge in [0.15, 0.2) is 6.29 Å². The fourth-order valence-electron chi connectivity index (χ4n) is 3.21. The van der Waals surface area contributed by atoms with Crippen molar-refractivity contribution in [2.24, 2.45) is 11.5 Å². The van der Waals surface area contributed by atoms with Gasteiger partial charge in [0.05, 0.1) is 19.3 Å². The normalized spacial score (nSPS) is 38.4. The molecule has 2 aliphatic rings. The van der Waals surface area contributed by atoms with Gasteiger partial charge < -0.3 is 61.1 Å². The molecule has 0 saturated carbocycles. The number of aliphatic hydroxyl groups is 6. The maximum Gasteiger partial charge on any atom is 0.228 e. The molecule has 12 heteroatoms. The molecule has 0 aromatic rings. The van der Waals surface area contributed by atoms with Crippen molar-refractivity contribution in [3.8, 4) is 0 Å². The van der Waals surface area contributed by atoms with Crippen LogP contribution in [0.15, 0.2) is 11.8 Å². The van der Waals surface area contributed by atoms with E-state index in [-0.39, 0.29) is 12.3 Å². The van der Waals surface area contributed by atoms with Gasteiger partial charge in [-0.1, -0.05) is 0 Å². The zero-order valence-electron chi connectivity index (χ0n) is 16.2. The summed E-state index contributed by atoms with van der Waals surface area (Å²) in [5.41, 5.74) is 11.5. The zero-order chi connectivity index (χ0) is 21.7. The third-order valence-electron chi connectivity index (χ3n) is 4.87. The fourth-order valence-corrected chi connectivity index (χ4v) is 3.21. The molecule has 10 N–H and O–H groups in total. The molecule has 0 radical (unpaired) electrons. The summed E-state index contributed by atoms with van der Waals surface area (Å²) in [6.45, 7) is 0.657. The molecule has 3 unspecified atom stereocenters. The third kappa shape index (κ3) is 5.83. The van der Waals surface area contributed by atoms with Crippen LogP contribution in [0.5, 0.6) is 0 Å². The molecule has 0 amide bonds. The fraction of sp³-hybridized carbons (Fsp3) is 0.882. The Morgan fingerprint density at radius 2 is 1.76 bits per heavy atom. The van der Waals surface area contributed by atoms with Gasteiger partial charge in [-0.25, -0.2) is 0 Å². The lowest BCUT2D eigenvalue weighted by Crippen LogP contribution is -2.50. The molecule has 0 spiro atoms. The van der Waals surface area contributed by atoms with Crippen molar-refractivity contribution in [2.45, 2.75) is 74.7 Å². The second-order valence-electron chi connectivity index (χ2n) is 7.15. The largest absolute Gasteiger partial charge is 0.464 e. The van der Waals surface area contributed by atoms with Gasteiger partial charge in [-0.05, 0) is 19.9 Å². The first-order chi connectivity index (χ1) is 13.7. The van der Waals surface area contributed by atoms with E-state index in [0.717, 1.165) is 0 Å². The Hall–Kier alpha value is -0.900. The van der Waals surface area contributed by atoms with E-state index < -0.39 is 74.6 Å². The molecule has 0 bridgehead atoms. The van der Waals surface area contributed by atoms with Crippen LogP contribution in [0.1, 0.15) is 13.3 Å². The number of rotatable bonds is 10. The van der Waals surface area contributed by atoms with E-state index in [4.69, 9.17) is 35.5 Å². The van der Waals surface area contributed by atoms with Crippen LogP contribution in [0.3, 0.4) is 0 Å². The summed E-state index contributed by atoms with van der Waals surface area (Å²) in [5, 5.41) is 58.8. The van der Waals surface area contributed by atoms with Gasteiger partial charge in [0.25, 0.3) is 0 Å². The van der Waals surface area contributed by atoms with E-state index in [0.29, 0.717) is 6.42 Å². The summed E-state index contributed by atoms with van der Waals surface area (Å²) in [6, 6.07) is -0.596. The summed E-state index contributed by atoms with van der Waals surface area (Å²) >= 11 is 0. The SMILES string of the molecule is C[C@@H](O)[C@H](O[C@@H]1C=C(O[C@@H]2O[C@H](CO)C(O)[C@@H]2O)[C@H](O)C(CO)O1)C(N)CCN. The molecule has 2 aliphatic heterocycles. The quantitative estimate of drug-likeness (QED) is 0.168. The first-order valence-electron chi connectivity index (χ1n) is 9.47. The van der Waals surface area contributed by atoms with Crippen LogP contribution < -0.4 is 11.5 Å². The van der Waals surface area contributed by atoms with Crippen molar-refractivity contribution >= 4 is 0 Å². The third-order valence-corrected chi connectivity index (χ3v) is 4.87. The van der Waals surface area contributed by atoms with E-state index >= 15 is 0 Å². The maximum atomic E-state index is 10.3. The molecule has 29 heavy (non-hydrogen) atoms. The molecule has 170 valence electrons. The van der Waals surface area contributed by atoms with Crippen LogP contribution in [-0.4, -0.2) is 112 Å². The van der Waals surface area contributed by atoms with Gasteiger partial charge >= 0.3 is 0 Å². The number of hydrogen-bond donors (Lipinski definition) is 8. The average Bonchev–Trinajstić information content (AvgIpc) is 2.95. The maximum absolute atomic E-state index is 10.3. The Labute approximate surface area is 168 Å². The highest BCUT2D eigenvalue weighted by molar-refractivity contribution is 5.10. The number of nitrogens with two attached hydrogens (primary N) is 2. The van der Waals surface area contributed by atoms with E-state index in [1.165, 1.54) is 13.0 Å². The second kappa shape index (κ2) is 10.9. The first kappa shape index (κ1) is 24.4. The van der Waals surface area contributed by atoms with E-state index in [1.807, 2.05) is 0 Å². The Balaban J connectivity index is 2.16. The van der Waals surface area contributed by atoms with Gasteiger partial charge in [-0.15, -0.1) is 0 Å². The number of ether oxygens (including phenoxy) is 4. The van der Waals surface area contributed by atoms with Crippen molar-refractivity contribution in [1.29, 1.82) is 0 Å². The van der Waals surface area contributed by atoms with Gasteiger partial charge in [-0.2, -0.15) is 0 Å². The first-order valence-corrected chi connectivity index (χ1v) is 9.47. The van der Waals surface area contributed by atoms with Crippen molar-refractivity contribution < 1.29 is 49.6 Å². The Kier molecular flexibility index (Phi) is 9.18. The standard InChI is InChI=1S/C17H32N2O10/c1-7(22)16(8(19)2-3-18)29-12-4-9(13(23)10(5-20)26-12)27-17-15(25)14(24)11(6-21)28-17/h4,7-8,10-17,20-25H,2-3,5-6,18-19H2,1H3/t7-,8?,10?,11-,12-,13+,14?,15+,16+,17-/m1/s1. The molecule has 2 heterocycles. The van der Waals surface area contributed by atoms with Crippen molar-refractivity contribution in [2.75, 3.05) is 19.8 Å². The molecule has 0 aromatic carbocycles. The Morgan fingerprint density at radius 3 is 2.28 bits per heavy atom. The van der Waals surface area contributed by atoms with Crippen molar-refractivity contribution in [3.05, 3.63) is 11.8 Å². The van der Waals surface area contributed by atoms with Crippen LogP contribution in [0.25, 0.3) is 0 Å². The number of hydrogen-bond acceptors (Lipinski definition) is 12. The summed E-state index contributed by atoms with van der Waals surface area (Å²) in [6.07, 6.45) is -9.15. The average molecular weight is 424 g/mol. The summed E-state index contributed by atoms with van der Waals surface area (Å²) in [7, 11) is 0. The lowest BCUT2D eigenvalue weighted by molar-refractivity contribution is -0.232. The Morgan fingerprint density at radius 1 is 1.10 bits per heavy atom. The molecule has 12 nitrogen and oxygen atoms in total. The van der Waals surface area contributed by atoms with Crippen LogP contribution in [0.4, 0.5) is 0 Å². The highest BCUT2D eigenvalue weighted by Crippen LogP contribution is 2.29. The monoisotopic (exact) mass is 424 g/mol. The molecule has 1 fully saturated rings. The highest BCUT2D eigenvalue weighted by atomic mass is 16.7. The minimum atomic E-state index is -1.47. The van der Waals surface area contributed by atoms with Crippen LogP contribution in [-0.2, 0) is 18.9 Å². The minimum absolute atomic E-state index is 0.133.